The molecule has 140 valence electrons. The van der Waals surface area contributed by atoms with Crippen LogP contribution in [0, 0.1) is 5.41 Å². The molecule has 1 unspecified atom stereocenters. The number of nitrogens with zero attached hydrogens (tertiary/aromatic N) is 3. The first-order valence-electron chi connectivity index (χ1n) is 10.0. The minimum atomic E-state index is 0. The van der Waals surface area contributed by atoms with E-state index in [2.05, 4.69) is 29.0 Å². The predicted octanol–water partition coefficient (Wildman–Crippen LogP) is 3.71. The zero-order valence-electron chi connectivity index (χ0n) is 15.7. The number of nitrogens with one attached hydrogen (secondary N) is 1. The first-order chi connectivity index (χ1) is 11.3. The predicted molar refractivity (Wildman–Crippen MR) is 113 cm³/mol. The molecular weight excluding hydrogens is 411 g/mol. The summed E-state index contributed by atoms with van der Waals surface area (Å²) < 4.78 is 0. The molecule has 1 atom stereocenters. The summed E-state index contributed by atoms with van der Waals surface area (Å²) in [6.45, 7) is 11.5. The molecule has 2 aliphatic heterocycles. The lowest BCUT2D eigenvalue weighted by atomic mass is 9.84. The highest BCUT2D eigenvalue weighted by molar-refractivity contribution is 14.0. The van der Waals surface area contributed by atoms with Gasteiger partial charge in [0, 0.05) is 32.2 Å². The smallest absolute Gasteiger partial charge is 0.193 e. The first kappa shape index (κ1) is 20.3. The van der Waals surface area contributed by atoms with Gasteiger partial charge in [-0.3, -0.25) is 9.89 Å². The van der Waals surface area contributed by atoms with Gasteiger partial charge >= 0.3 is 0 Å². The molecular formula is C19H37IN4. The monoisotopic (exact) mass is 448 g/mol. The standard InChI is InChI=1S/C19H36N4.HI/c1-3-19(10-5-6-11-19)16-21-18(20-4-2)23-14-9-17(15-23)22-12-7-8-13-22;/h17H,3-16H2,1-2H3,(H,20,21);1H. The summed E-state index contributed by atoms with van der Waals surface area (Å²) in [6, 6.07) is 0.757. The van der Waals surface area contributed by atoms with Crippen molar-refractivity contribution in [3.05, 3.63) is 0 Å². The number of rotatable bonds is 5. The number of halogens is 1. The molecule has 1 saturated carbocycles. The molecule has 0 aromatic rings. The van der Waals surface area contributed by atoms with Crippen molar-refractivity contribution in [3.8, 4) is 0 Å². The molecule has 0 aromatic heterocycles. The fourth-order valence-corrected chi connectivity index (χ4v) is 4.76. The Bertz CT molecular complexity index is 400. The van der Waals surface area contributed by atoms with Crippen LogP contribution in [0.4, 0.5) is 0 Å². The molecule has 2 heterocycles. The molecule has 2 saturated heterocycles. The van der Waals surface area contributed by atoms with Crippen LogP contribution in [0.3, 0.4) is 0 Å². The number of hydrogen-bond donors (Lipinski definition) is 1. The molecule has 3 rings (SSSR count). The van der Waals surface area contributed by atoms with E-state index in [-0.39, 0.29) is 24.0 Å². The number of aliphatic imine (C=N–C) groups is 1. The van der Waals surface area contributed by atoms with Crippen LogP contribution >= 0.6 is 24.0 Å². The van der Waals surface area contributed by atoms with E-state index >= 15 is 0 Å². The lowest BCUT2D eigenvalue weighted by Gasteiger charge is -2.28. The Balaban J connectivity index is 0.00000208. The summed E-state index contributed by atoms with van der Waals surface area (Å²) in [5.41, 5.74) is 0.495. The zero-order chi connectivity index (χ0) is 16.1. The van der Waals surface area contributed by atoms with Crippen LogP contribution < -0.4 is 5.32 Å². The van der Waals surface area contributed by atoms with Crippen molar-refractivity contribution in [3.63, 3.8) is 0 Å². The number of likely N-dealkylation sites (tertiary alicyclic amines) is 2. The van der Waals surface area contributed by atoms with E-state index in [0.29, 0.717) is 5.41 Å². The third-order valence-electron chi connectivity index (χ3n) is 6.43. The van der Waals surface area contributed by atoms with Crippen molar-refractivity contribution in [1.29, 1.82) is 0 Å². The summed E-state index contributed by atoms with van der Waals surface area (Å²) in [7, 11) is 0. The highest BCUT2D eigenvalue weighted by atomic mass is 127. The van der Waals surface area contributed by atoms with Crippen LogP contribution in [-0.2, 0) is 0 Å². The average Bonchev–Trinajstić information content (AvgIpc) is 3.32. The second-order valence-corrected chi connectivity index (χ2v) is 7.86. The van der Waals surface area contributed by atoms with Crippen LogP contribution in [0.15, 0.2) is 4.99 Å². The molecule has 0 radical (unpaired) electrons. The van der Waals surface area contributed by atoms with Gasteiger partial charge in [-0.2, -0.15) is 0 Å². The first-order valence-corrected chi connectivity index (χ1v) is 10.0. The third kappa shape index (κ3) is 4.77. The minimum Gasteiger partial charge on any atom is -0.357 e. The molecule has 4 nitrogen and oxygen atoms in total. The van der Waals surface area contributed by atoms with Crippen LogP contribution in [0.5, 0.6) is 0 Å². The molecule has 3 fully saturated rings. The lowest BCUT2D eigenvalue weighted by molar-refractivity contribution is 0.248. The quantitative estimate of drug-likeness (QED) is 0.395. The van der Waals surface area contributed by atoms with Crippen LogP contribution in [0.1, 0.15) is 65.2 Å². The third-order valence-corrected chi connectivity index (χ3v) is 6.43. The van der Waals surface area contributed by atoms with Crippen molar-refractivity contribution in [1.82, 2.24) is 15.1 Å². The largest absolute Gasteiger partial charge is 0.357 e. The van der Waals surface area contributed by atoms with Crippen molar-refractivity contribution < 1.29 is 0 Å². The van der Waals surface area contributed by atoms with Gasteiger partial charge in [-0.25, -0.2) is 0 Å². The van der Waals surface area contributed by atoms with Crippen molar-refractivity contribution in [2.75, 3.05) is 39.3 Å². The van der Waals surface area contributed by atoms with Gasteiger partial charge in [-0.15, -0.1) is 24.0 Å². The van der Waals surface area contributed by atoms with E-state index in [1.54, 1.807) is 0 Å². The SMILES string of the molecule is CCNC(=NCC1(CC)CCCC1)N1CCC(N2CCCC2)C1.I. The summed E-state index contributed by atoms with van der Waals surface area (Å²) >= 11 is 0. The van der Waals surface area contributed by atoms with Crippen molar-refractivity contribution in [2.24, 2.45) is 10.4 Å². The maximum atomic E-state index is 5.09. The Morgan fingerprint density at radius 2 is 1.79 bits per heavy atom. The fraction of sp³-hybridized carbons (Fsp3) is 0.947. The fourth-order valence-electron chi connectivity index (χ4n) is 4.76. The van der Waals surface area contributed by atoms with Crippen LogP contribution in [0.25, 0.3) is 0 Å². The molecule has 0 bridgehead atoms. The Kier molecular flexibility index (Phi) is 8.11. The maximum absolute atomic E-state index is 5.09. The summed E-state index contributed by atoms with van der Waals surface area (Å²) in [5, 5.41) is 3.56. The lowest BCUT2D eigenvalue weighted by Crippen LogP contribution is -2.43. The average molecular weight is 448 g/mol. The molecule has 0 amide bonds. The minimum absolute atomic E-state index is 0. The topological polar surface area (TPSA) is 30.9 Å². The van der Waals surface area contributed by atoms with E-state index in [1.165, 1.54) is 83.5 Å². The molecule has 0 spiro atoms. The Morgan fingerprint density at radius 3 is 2.42 bits per heavy atom. The van der Waals surface area contributed by atoms with Gasteiger partial charge in [0.05, 0.1) is 0 Å². The van der Waals surface area contributed by atoms with Gasteiger partial charge in [-0.1, -0.05) is 19.8 Å². The highest BCUT2D eigenvalue weighted by Crippen LogP contribution is 2.41. The van der Waals surface area contributed by atoms with Crippen molar-refractivity contribution in [2.45, 2.75) is 71.3 Å². The van der Waals surface area contributed by atoms with Crippen LogP contribution in [0.2, 0.25) is 0 Å². The number of hydrogen-bond acceptors (Lipinski definition) is 2. The van der Waals surface area contributed by atoms with E-state index in [4.69, 9.17) is 4.99 Å². The second-order valence-electron chi connectivity index (χ2n) is 7.86. The Labute approximate surface area is 165 Å². The van der Waals surface area contributed by atoms with E-state index in [0.717, 1.165) is 19.1 Å². The van der Waals surface area contributed by atoms with E-state index in [1.807, 2.05) is 0 Å². The Morgan fingerprint density at radius 1 is 1.08 bits per heavy atom. The van der Waals surface area contributed by atoms with Crippen molar-refractivity contribution >= 4 is 29.9 Å². The summed E-state index contributed by atoms with van der Waals surface area (Å²) in [6.07, 6.45) is 10.9. The van der Waals surface area contributed by atoms with Gasteiger partial charge in [0.1, 0.15) is 0 Å². The molecule has 0 aromatic carbocycles. The van der Waals surface area contributed by atoms with Crippen LogP contribution in [-0.4, -0.2) is 61.1 Å². The maximum Gasteiger partial charge on any atom is 0.193 e. The normalized spacial score (nSPS) is 27.5. The van der Waals surface area contributed by atoms with E-state index < -0.39 is 0 Å². The highest BCUT2D eigenvalue weighted by Gasteiger charge is 2.33. The van der Waals surface area contributed by atoms with Gasteiger partial charge in [0.25, 0.3) is 0 Å². The van der Waals surface area contributed by atoms with E-state index in [9.17, 15) is 0 Å². The molecule has 3 aliphatic rings. The second kappa shape index (κ2) is 9.60. The van der Waals surface area contributed by atoms with Gasteiger partial charge in [0.15, 0.2) is 5.96 Å². The van der Waals surface area contributed by atoms with Gasteiger partial charge < -0.3 is 10.2 Å². The molecule has 24 heavy (non-hydrogen) atoms. The Hall–Kier alpha value is -0.0400. The molecule has 5 heteroatoms. The molecule has 1 N–H and O–H groups in total. The summed E-state index contributed by atoms with van der Waals surface area (Å²) in [5.74, 6) is 1.17. The van der Waals surface area contributed by atoms with Gasteiger partial charge in [-0.05, 0) is 64.0 Å². The van der Waals surface area contributed by atoms with Gasteiger partial charge in [0.2, 0.25) is 0 Å². The summed E-state index contributed by atoms with van der Waals surface area (Å²) in [4.78, 5) is 10.3. The zero-order valence-corrected chi connectivity index (χ0v) is 18.1. The molecule has 1 aliphatic carbocycles. The number of guanidine groups is 1.